The predicted octanol–water partition coefficient (Wildman–Crippen LogP) is 6.75. The van der Waals surface area contributed by atoms with Crippen LogP contribution in [0.25, 0.3) is 11.1 Å². The molecule has 0 amide bonds. The van der Waals surface area contributed by atoms with Crippen LogP contribution >= 0.6 is 11.6 Å². The van der Waals surface area contributed by atoms with Crippen molar-refractivity contribution in [3.8, 4) is 22.9 Å². The Morgan fingerprint density at radius 2 is 1.39 bits per heavy atom. The largest absolute Gasteiger partial charge is 0.473 e. The smallest absolute Gasteiger partial charge is 0.225 e. The van der Waals surface area contributed by atoms with Gasteiger partial charge in [0.15, 0.2) is 0 Å². The second-order valence-electron chi connectivity index (χ2n) is 10.3. The van der Waals surface area contributed by atoms with Crippen molar-refractivity contribution >= 4 is 17.3 Å². The van der Waals surface area contributed by atoms with Crippen LogP contribution in [0.4, 0.5) is 5.69 Å². The second-order valence-corrected chi connectivity index (χ2v) is 10.7. The zero-order valence-corrected chi connectivity index (χ0v) is 22.2. The minimum absolute atomic E-state index is 0.406. The second kappa shape index (κ2) is 11.1. The van der Waals surface area contributed by atoms with Gasteiger partial charge in [0, 0.05) is 49.1 Å². The van der Waals surface area contributed by atoms with E-state index in [0.29, 0.717) is 35.4 Å². The highest BCUT2D eigenvalue weighted by Crippen LogP contribution is 2.40. The summed E-state index contributed by atoms with van der Waals surface area (Å²) in [6, 6.07) is 30.4. The van der Waals surface area contributed by atoms with Gasteiger partial charge in [-0.05, 0) is 47.6 Å². The Balaban J connectivity index is 1.23. The monoisotopic (exact) mass is 525 g/mol. The molecule has 1 aromatic heterocycles. The first-order chi connectivity index (χ1) is 18.7. The Hall–Kier alpha value is -3.54. The normalized spacial score (nSPS) is 16.2. The molecule has 1 N–H and O–H groups in total. The zero-order chi connectivity index (χ0) is 25.8. The fourth-order valence-electron chi connectivity index (χ4n) is 5.27. The van der Waals surface area contributed by atoms with Gasteiger partial charge < -0.3 is 19.7 Å². The number of hydrogen-bond donors (Lipinski definition) is 1. The Labute approximate surface area is 229 Å². The maximum absolute atomic E-state index is 6.90. The number of benzene rings is 3. The first-order valence-electron chi connectivity index (χ1n) is 13.3. The van der Waals surface area contributed by atoms with Gasteiger partial charge >= 0.3 is 0 Å². The lowest BCUT2D eigenvalue weighted by atomic mass is 9.73. The number of anilines is 1. The van der Waals surface area contributed by atoms with E-state index in [0.717, 1.165) is 48.4 Å². The SMILES string of the molecule is Clc1cc(N2CCC3(CC2)CNC3)ccc1-c1ccc(OCc2ccccc2)nc1OCc1ccccc1. The van der Waals surface area contributed by atoms with Gasteiger partial charge in [-0.2, -0.15) is 4.98 Å². The Bertz CT molecular complexity index is 1370. The third kappa shape index (κ3) is 5.50. The third-order valence-electron chi connectivity index (χ3n) is 7.71. The van der Waals surface area contributed by atoms with Gasteiger partial charge in [0.1, 0.15) is 13.2 Å². The molecule has 0 unspecified atom stereocenters. The fourth-order valence-corrected chi connectivity index (χ4v) is 5.54. The summed E-state index contributed by atoms with van der Waals surface area (Å²) in [5.41, 5.74) is 5.59. The molecule has 1 spiro atoms. The summed E-state index contributed by atoms with van der Waals surface area (Å²) in [5, 5.41) is 4.13. The van der Waals surface area contributed by atoms with Crippen LogP contribution in [0.1, 0.15) is 24.0 Å². The molecule has 6 heteroatoms. The van der Waals surface area contributed by atoms with E-state index in [-0.39, 0.29) is 0 Å². The number of hydrogen-bond acceptors (Lipinski definition) is 5. The van der Waals surface area contributed by atoms with E-state index < -0.39 is 0 Å². The number of nitrogens with zero attached hydrogens (tertiary/aromatic N) is 2. The molecule has 194 valence electrons. The predicted molar refractivity (Wildman–Crippen MR) is 153 cm³/mol. The van der Waals surface area contributed by atoms with E-state index in [1.165, 1.54) is 18.5 Å². The van der Waals surface area contributed by atoms with Crippen LogP contribution in [-0.4, -0.2) is 31.2 Å². The molecule has 6 rings (SSSR count). The average Bonchev–Trinajstić information content (AvgIpc) is 2.95. The highest BCUT2D eigenvalue weighted by molar-refractivity contribution is 6.33. The molecule has 0 aliphatic carbocycles. The lowest BCUT2D eigenvalue weighted by Crippen LogP contribution is -2.58. The van der Waals surface area contributed by atoms with Gasteiger partial charge in [0.25, 0.3) is 0 Å². The summed E-state index contributed by atoms with van der Waals surface area (Å²) in [5.74, 6) is 1.02. The topological polar surface area (TPSA) is 46.6 Å². The van der Waals surface area contributed by atoms with Crippen molar-refractivity contribution in [3.63, 3.8) is 0 Å². The first kappa shape index (κ1) is 24.8. The van der Waals surface area contributed by atoms with E-state index in [2.05, 4.69) is 28.4 Å². The molecule has 2 aliphatic heterocycles. The minimum atomic E-state index is 0.406. The number of nitrogens with one attached hydrogen (secondary N) is 1. The van der Waals surface area contributed by atoms with Crippen LogP contribution in [-0.2, 0) is 13.2 Å². The van der Waals surface area contributed by atoms with Crippen LogP contribution < -0.4 is 19.7 Å². The Morgan fingerprint density at radius 3 is 2.00 bits per heavy atom. The summed E-state index contributed by atoms with van der Waals surface area (Å²) in [6.07, 6.45) is 2.45. The van der Waals surface area contributed by atoms with Gasteiger partial charge in [-0.1, -0.05) is 78.3 Å². The van der Waals surface area contributed by atoms with Crippen molar-refractivity contribution in [1.29, 1.82) is 0 Å². The minimum Gasteiger partial charge on any atom is -0.473 e. The summed E-state index contributed by atoms with van der Waals surface area (Å²) < 4.78 is 12.2. The van der Waals surface area contributed by atoms with Crippen molar-refractivity contribution < 1.29 is 9.47 Å². The van der Waals surface area contributed by atoms with Gasteiger partial charge in [-0.25, -0.2) is 0 Å². The first-order valence-corrected chi connectivity index (χ1v) is 13.7. The highest BCUT2D eigenvalue weighted by atomic mass is 35.5. The van der Waals surface area contributed by atoms with E-state index in [1.54, 1.807) is 0 Å². The zero-order valence-electron chi connectivity index (χ0n) is 21.4. The van der Waals surface area contributed by atoms with Crippen LogP contribution in [0, 0.1) is 5.41 Å². The van der Waals surface area contributed by atoms with Crippen molar-refractivity contribution in [3.05, 3.63) is 107 Å². The average molecular weight is 526 g/mol. The van der Waals surface area contributed by atoms with E-state index in [4.69, 9.17) is 26.1 Å². The summed E-state index contributed by atoms with van der Waals surface area (Å²) in [7, 11) is 0. The molecule has 38 heavy (non-hydrogen) atoms. The number of piperidine rings is 1. The maximum Gasteiger partial charge on any atom is 0.225 e. The molecule has 5 nitrogen and oxygen atoms in total. The molecule has 2 aliphatic rings. The molecular weight excluding hydrogens is 494 g/mol. The van der Waals surface area contributed by atoms with Gasteiger partial charge in [0.05, 0.1) is 5.02 Å². The third-order valence-corrected chi connectivity index (χ3v) is 8.03. The molecule has 4 aromatic rings. The van der Waals surface area contributed by atoms with Crippen LogP contribution in [0.2, 0.25) is 5.02 Å². The molecule has 0 atom stereocenters. The van der Waals surface area contributed by atoms with Crippen LogP contribution in [0.15, 0.2) is 91.0 Å². The molecule has 2 fully saturated rings. The quantitative estimate of drug-likeness (QED) is 0.276. The molecule has 3 aromatic carbocycles. The molecule has 0 bridgehead atoms. The van der Waals surface area contributed by atoms with Gasteiger partial charge in [-0.15, -0.1) is 0 Å². The van der Waals surface area contributed by atoms with Gasteiger partial charge in [-0.3, -0.25) is 0 Å². The number of aromatic nitrogens is 1. The van der Waals surface area contributed by atoms with Crippen molar-refractivity contribution in [2.45, 2.75) is 26.1 Å². The van der Waals surface area contributed by atoms with E-state index in [9.17, 15) is 0 Å². The molecule has 3 heterocycles. The maximum atomic E-state index is 6.90. The summed E-state index contributed by atoms with van der Waals surface area (Å²) in [6.45, 7) is 5.29. The Kier molecular flexibility index (Phi) is 7.21. The van der Waals surface area contributed by atoms with Crippen molar-refractivity contribution in [2.24, 2.45) is 5.41 Å². The molecular formula is C32H32ClN3O2. The van der Waals surface area contributed by atoms with Crippen LogP contribution in [0.3, 0.4) is 0 Å². The van der Waals surface area contributed by atoms with Gasteiger partial charge in [0.2, 0.25) is 11.8 Å². The standard InChI is InChI=1S/C32H32ClN3O2/c33-29-19-26(36-17-15-32(16-18-36)22-34-23-32)11-12-27(29)28-13-14-30(37-20-24-7-3-1-4-8-24)35-31(28)38-21-25-9-5-2-6-10-25/h1-14,19,34H,15-18,20-23H2. The number of pyridine rings is 1. The molecule has 0 saturated carbocycles. The highest BCUT2D eigenvalue weighted by Gasteiger charge is 2.39. The van der Waals surface area contributed by atoms with Crippen molar-refractivity contribution in [1.82, 2.24) is 10.3 Å². The van der Waals surface area contributed by atoms with E-state index in [1.807, 2.05) is 72.8 Å². The number of ether oxygens (including phenoxy) is 2. The van der Waals surface area contributed by atoms with Crippen molar-refractivity contribution in [2.75, 3.05) is 31.1 Å². The molecule has 2 saturated heterocycles. The molecule has 0 radical (unpaired) electrons. The number of rotatable bonds is 8. The summed E-state index contributed by atoms with van der Waals surface area (Å²) >= 11 is 6.90. The number of halogens is 1. The lowest BCUT2D eigenvalue weighted by Gasteiger charge is -2.49. The van der Waals surface area contributed by atoms with E-state index >= 15 is 0 Å². The Morgan fingerprint density at radius 1 is 0.763 bits per heavy atom. The summed E-state index contributed by atoms with van der Waals surface area (Å²) in [4.78, 5) is 7.19. The van der Waals surface area contributed by atoms with Crippen LogP contribution in [0.5, 0.6) is 11.8 Å². The fraction of sp³-hybridized carbons (Fsp3) is 0.281. The lowest BCUT2D eigenvalue weighted by molar-refractivity contribution is 0.126.